The Morgan fingerprint density at radius 3 is 2.94 bits per heavy atom. The average molecular weight is 444 g/mol. The van der Waals surface area contributed by atoms with E-state index in [9.17, 15) is 9.18 Å². The second-order valence-corrected chi connectivity index (χ2v) is 8.94. The van der Waals surface area contributed by atoms with Crippen molar-refractivity contribution in [3.05, 3.63) is 40.8 Å². The van der Waals surface area contributed by atoms with Gasteiger partial charge in [-0.15, -0.1) is 11.3 Å². The van der Waals surface area contributed by atoms with Crippen molar-refractivity contribution < 1.29 is 13.9 Å². The zero-order chi connectivity index (χ0) is 22.0. The largest absolute Gasteiger partial charge is 0.487 e. The van der Waals surface area contributed by atoms with Gasteiger partial charge in [-0.2, -0.15) is 0 Å². The smallest absolute Gasteiger partial charge is 0.261 e. The van der Waals surface area contributed by atoms with Crippen LogP contribution in [0, 0.1) is 12.7 Å². The highest BCUT2D eigenvalue weighted by Gasteiger charge is 2.21. The number of benzene rings is 1. The third-order valence-corrected chi connectivity index (χ3v) is 6.29. The molecule has 1 aliphatic rings. The Kier molecular flexibility index (Phi) is 6.33. The summed E-state index contributed by atoms with van der Waals surface area (Å²) in [7, 11) is 0. The van der Waals surface area contributed by atoms with Crippen molar-refractivity contribution in [3.63, 3.8) is 0 Å². The van der Waals surface area contributed by atoms with Crippen LogP contribution in [0.4, 0.5) is 15.9 Å². The van der Waals surface area contributed by atoms with Crippen molar-refractivity contribution in [2.75, 3.05) is 18.4 Å². The number of rotatable bonds is 6. The van der Waals surface area contributed by atoms with Gasteiger partial charge in [-0.25, -0.2) is 14.4 Å². The first kappa shape index (κ1) is 21.5. The number of amides is 1. The van der Waals surface area contributed by atoms with E-state index in [2.05, 4.69) is 25.9 Å². The number of nitrogens with zero attached hydrogens (tertiary/aromatic N) is 2. The molecule has 3 aromatic rings. The van der Waals surface area contributed by atoms with Crippen LogP contribution in [0.2, 0.25) is 0 Å². The molecule has 31 heavy (non-hydrogen) atoms. The van der Waals surface area contributed by atoms with Gasteiger partial charge in [-0.05, 0) is 57.9 Å². The molecule has 1 saturated heterocycles. The van der Waals surface area contributed by atoms with E-state index in [1.54, 1.807) is 6.07 Å². The number of nitrogens with one attached hydrogen (secondary N) is 3. The maximum absolute atomic E-state index is 14.0. The third-order valence-electron chi connectivity index (χ3n) is 5.09. The number of anilines is 2. The van der Waals surface area contributed by atoms with E-state index in [1.807, 2.05) is 20.8 Å². The van der Waals surface area contributed by atoms with Crippen molar-refractivity contribution >= 4 is 39.0 Å². The first-order chi connectivity index (χ1) is 14.9. The Bertz CT molecular complexity index is 1090. The highest BCUT2D eigenvalue weighted by Crippen LogP contribution is 2.36. The summed E-state index contributed by atoms with van der Waals surface area (Å²) in [5, 5.41) is 10.3. The number of aryl methyl sites for hydroxylation is 1. The molecule has 1 amide bonds. The summed E-state index contributed by atoms with van der Waals surface area (Å²) in [5.74, 6) is 0.500. The van der Waals surface area contributed by atoms with Crippen LogP contribution in [-0.4, -0.2) is 41.1 Å². The van der Waals surface area contributed by atoms with Gasteiger partial charge in [0.2, 0.25) is 0 Å². The lowest BCUT2D eigenvalue weighted by atomic mass is 10.1. The minimum Gasteiger partial charge on any atom is -0.487 e. The first-order valence-corrected chi connectivity index (χ1v) is 11.2. The van der Waals surface area contributed by atoms with Gasteiger partial charge in [0, 0.05) is 18.7 Å². The van der Waals surface area contributed by atoms with E-state index in [-0.39, 0.29) is 23.9 Å². The second kappa shape index (κ2) is 9.15. The number of fused-ring (bicyclic) bond motifs is 1. The molecule has 1 aromatic carbocycles. The number of piperidine rings is 1. The molecular formula is C22H26FN5O2S. The van der Waals surface area contributed by atoms with Crippen LogP contribution < -0.4 is 20.7 Å². The molecule has 1 aliphatic heterocycles. The Hall–Kier alpha value is -2.78. The molecule has 1 atom stereocenters. The Morgan fingerprint density at radius 1 is 1.35 bits per heavy atom. The SMILES string of the molecule is Cc1c(C(=O)NC(C)C)sc2ncnc(Nc3ccc(F)cc3OC3CCCNC3)c12. The second-order valence-electron chi connectivity index (χ2n) is 7.94. The summed E-state index contributed by atoms with van der Waals surface area (Å²) in [6.45, 7) is 7.43. The minimum atomic E-state index is -0.364. The van der Waals surface area contributed by atoms with E-state index in [4.69, 9.17) is 4.74 Å². The minimum absolute atomic E-state index is 0.0178. The molecule has 1 unspecified atom stereocenters. The van der Waals surface area contributed by atoms with Gasteiger partial charge in [0.1, 0.15) is 34.6 Å². The monoisotopic (exact) mass is 443 g/mol. The van der Waals surface area contributed by atoms with Crippen LogP contribution in [0.3, 0.4) is 0 Å². The summed E-state index contributed by atoms with van der Waals surface area (Å²) in [6, 6.07) is 4.45. The Balaban J connectivity index is 1.67. The lowest BCUT2D eigenvalue weighted by Gasteiger charge is -2.25. The summed E-state index contributed by atoms with van der Waals surface area (Å²) >= 11 is 1.33. The predicted octanol–water partition coefficient (Wildman–Crippen LogP) is 4.15. The Labute approximate surface area is 184 Å². The summed E-state index contributed by atoms with van der Waals surface area (Å²) in [6.07, 6.45) is 3.37. The molecule has 164 valence electrons. The fourth-order valence-electron chi connectivity index (χ4n) is 3.64. The normalized spacial score (nSPS) is 16.5. The first-order valence-electron chi connectivity index (χ1n) is 10.4. The molecule has 0 radical (unpaired) electrons. The molecule has 9 heteroatoms. The van der Waals surface area contributed by atoms with Gasteiger partial charge in [-0.1, -0.05) is 0 Å². The van der Waals surface area contributed by atoms with Crippen LogP contribution in [0.5, 0.6) is 5.75 Å². The molecule has 3 N–H and O–H groups in total. The molecule has 4 rings (SSSR count). The van der Waals surface area contributed by atoms with E-state index < -0.39 is 0 Å². The molecule has 2 aromatic heterocycles. The molecule has 1 fully saturated rings. The van der Waals surface area contributed by atoms with Gasteiger partial charge in [0.15, 0.2) is 0 Å². The van der Waals surface area contributed by atoms with E-state index in [0.717, 1.165) is 36.9 Å². The van der Waals surface area contributed by atoms with Gasteiger partial charge in [0.05, 0.1) is 16.0 Å². The number of halogens is 1. The molecule has 0 spiro atoms. The zero-order valence-corrected chi connectivity index (χ0v) is 18.6. The Morgan fingerprint density at radius 2 is 2.19 bits per heavy atom. The third kappa shape index (κ3) is 4.77. The lowest BCUT2D eigenvalue weighted by Crippen LogP contribution is -2.37. The number of carbonyl (C=O) groups excluding carboxylic acids is 1. The fourth-order valence-corrected chi connectivity index (χ4v) is 4.69. The maximum atomic E-state index is 14.0. The van der Waals surface area contributed by atoms with Crippen LogP contribution in [-0.2, 0) is 0 Å². The quantitative estimate of drug-likeness (QED) is 0.530. The topological polar surface area (TPSA) is 88.2 Å². The van der Waals surface area contributed by atoms with Gasteiger partial charge < -0.3 is 20.7 Å². The standard InChI is InChI=1S/C22H26FN5O2S/c1-12(2)27-21(29)19-13(3)18-20(25-11-26-22(18)31-19)28-16-7-6-14(23)9-17(16)30-15-5-4-8-24-10-15/h6-7,9,11-12,15,24H,4-5,8,10H2,1-3H3,(H,27,29)(H,25,26,28). The van der Waals surface area contributed by atoms with E-state index >= 15 is 0 Å². The maximum Gasteiger partial charge on any atom is 0.261 e. The van der Waals surface area contributed by atoms with Crippen molar-refractivity contribution in [3.8, 4) is 5.75 Å². The average Bonchev–Trinajstić information content (AvgIpc) is 3.08. The predicted molar refractivity (Wildman–Crippen MR) is 121 cm³/mol. The highest BCUT2D eigenvalue weighted by atomic mass is 32.1. The van der Waals surface area contributed by atoms with Crippen molar-refractivity contribution in [2.24, 2.45) is 0 Å². The van der Waals surface area contributed by atoms with Gasteiger partial charge in [-0.3, -0.25) is 4.79 Å². The van der Waals surface area contributed by atoms with Crippen molar-refractivity contribution in [2.45, 2.75) is 45.8 Å². The van der Waals surface area contributed by atoms with Crippen LogP contribution in [0.25, 0.3) is 10.2 Å². The number of hydrogen-bond donors (Lipinski definition) is 3. The van der Waals surface area contributed by atoms with E-state index in [1.165, 1.54) is 29.8 Å². The van der Waals surface area contributed by atoms with E-state index in [0.29, 0.717) is 27.0 Å². The molecule has 0 bridgehead atoms. The molecule has 0 aliphatic carbocycles. The van der Waals surface area contributed by atoms with Crippen LogP contribution in [0.15, 0.2) is 24.5 Å². The summed E-state index contributed by atoms with van der Waals surface area (Å²) in [5.41, 5.74) is 1.42. The van der Waals surface area contributed by atoms with Gasteiger partial charge in [0.25, 0.3) is 5.91 Å². The molecule has 0 saturated carbocycles. The fraction of sp³-hybridized carbons (Fsp3) is 0.409. The summed E-state index contributed by atoms with van der Waals surface area (Å²) < 4.78 is 20.1. The van der Waals surface area contributed by atoms with Gasteiger partial charge >= 0.3 is 0 Å². The number of hydrogen-bond acceptors (Lipinski definition) is 7. The van der Waals surface area contributed by atoms with Crippen LogP contribution in [0.1, 0.15) is 41.9 Å². The molecular weight excluding hydrogens is 417 g/mol. The lowest BCUT2D eigenvalue weighted by molar-refractivity contribution is 0.0946. The van der Waals surface area contributed by atoms with Crippen molar-refractivity contribution in [1.82, 2.24) is 20.6 Å². The number of ether oxygens (including phenoxy) is 1. The number of carbonyl (C=O) groups is 1. The number of thiophene rings is 1. The summed E-state index contributed by atoms with van der Waals surface area (Å²) in [4.78, 5) is 22.7. The number of aromatic nitrogens is 2. The highest BCUT2D eigenvalue weighted by molar-refractivity contribution is 7.20. The molecule has 3 heterocycles. The zero-order valence-electron chi connectivity index (χ0n) is 17.8. The van der Waals surface area contributed by atoms with Crippen molar-refractivity contribution in [1.29, 1.82) is 0 Å². The molecule has 7 nitrogen and oxygen atoms in total. The van der Waals surface area contributed by atoms with Crippen LogP contribution >= 0.6 is 11.3 Å².